The summed E-state index contributed by atoms with van der Waals surface area (Å²) in [6, 6.07) is 3.64. The average Bonchev–Trinajstić information content (AvgIpc) is 2.56. The monoisotopic (exact) mass is 227 g/mol. The van der Waals surface area contributed by atoms with Gasteiger partial charge in [-0.1, -0.05) is 0 Å². The Hall–Kier alpha value is -2.05. The molecule has 0 aliphatic heterocycles. The molecule has 0 bridgehead atoms. The van der Waals surface area contributed by atoms with Gasteiger partial charge in [0, 0.05) is 12.1 Å². The van der Waals surface area contributed by atoms with Gasteiger partial charge in [-0.05, 0) is 6.07 Å². The summed E-state index contributed by atoms with van der Waals surface area (Å²) in [6.45, 7) is -0.833. The van der Waals surface area contributed by atoms with Crippen molar-refractivity contribution in [3.05, 3.63) is 34.3 Å². The first kappa shape index (κ1) is 10.5. The van der Waals surface area contributed by atoms with Gasteiger partial charge < -0.3 is 0 Å². The fraction of sp³-hybridized carbons (Fsp3) is 0.222. The number of hydrogen-bond acceptors (Lipinski definition) is 3. The lowest BCUT2D eigenvalue weighted by atomic mass is 10.2. The molecule has 0 saturated carbocycles. The molecular formula is C9H7F2N3O2. The van der Waals surface area contributed by atoms with Crippen molar-refractivity contribution < 1.29 is 13.7 Å². The Morgan fingerprint density at radius 3 is 2.88 bits per heavy atom. The van der Waals surface area contributed by atoms with E-state index in [0.29, 0.717) is 0 Å². The Balaban J connectivity index is 2.64. The van der Waals surface area contributed by atoms with Crippen LogP contribution in [0.3, 0.4) is 0 Å². The van der Waals surface area contributed by atoms with E-state index in [9.17, 15) is 18.9 Å². The first-order chi connectivity index (χ1) is 7.63. The fourth-order valence-electron chi connectivity index (χ4n) is 1.49. The van der Waals surface area contributed by atoms with Crippen LogP contribution in [0.5, 0.6) is 0 Å². The summed E-state index contributed by atoms with van der Waals surface area (Å²) >= 11 is 0. The molecule has 2 aromatic rings. The Morgan fingerprint density at radius 1 is 1.50 bits per heavy atom. The number of hydrogen-bond donors (Lipinski definition) is 0. The zero-order valence-electron chi connectivity index (χ0n) is 8.06. The van der Waals surface area contributed by atoms with Gasteiger partial charge >= 0.3 is 0 Å². The molecule has 0 radical (unpaired) electrons. The smallest absolute Gasteiger partial charge is 0.259 e. The minimum Gasteiger partial charge on any atom is -0.259 e. The molecule has 1 aromatic heterocycles. The number of halogens is 2. The third kappa shape index (κ3) is 1.60. The molecular weight excluding hydrogens is 220 g/mol. The molecule has 0 saturated heterocycles. The van der Waals surface area contributed by atoms with Crippen molar-refractivity contribution in [3.8, 4) is 0 Å². The maximum atomic E-state index is 13.2. The van der Waals surface area contributed by atoms with Crippen molar-refractivity contribution >= 4 is 16.6 Å². The van der Waals surface area contributed by atoms with Crippen LogP contribution in [0.4, 0.5) is 14.5 Å². The highest BCUT2D eigenvalue weighted by Gasteiger charge is 2.14. The molecule has 16 heavy (non-hydrogen) atoms. The van der Waals surface area contributed by atoms with Crippen LogP contribution in [0.15, 0.2) is 18.2 Å². The predicted octanol–water partition coefficient (Wildman–Crippen LogP) is 2.05. The highest BCUT2D eigenvalue weighted by molar-refractivity contribution is 5.81. The van der Waals surface area contributed by atoms with E-state index in [0.717, 1.165) is 4.68 Å². The second-order valence-electron chi connectivity index (χ2n) is 3.16. The minimum absolute atomic E-state index is 0.123. The van der Waals surface area contributed by atoms with E-state index in [1.807, 2.05) is 0 Å². The summed E-state index contributed by atoms with van der Waals surface area (Å²) in [5, 5.41) is 14.1. The first-order valence-electron chi connectivity index (χ1n) is 4.50. The number of fused-ring (bicyclic) bond motifs is 1. The number of aryl methyl sites for hydroxylation is 1. The molecule has 2 rings (SSSR count). The second kappa shape index (κ2) is 3.84. The van der Waals surface area contributed by atoms with Gasteiger partial charge in [0.15, 0.2) is 0 Å². The molecule has 0 unspecified atom stereocenters. The summed E-state index contributed by atoms with van der Waals surface area (Å²) < 4.78 is 26.5. The SMILES string of the molecule is O=[N+]([O-])c1ccc2c(F)nn(CCF)c2c1. The van der Waals surface area contributed by atoms with E-state index < -0.39 is 17.5 Å². The van der Waals surface area contributed by atoms with E-state index in [4.69, 9.17) is 0 Å². The van der Waals surface area contributed by atoms with Gasteiger partial charge in [-0.15, -0.1) is 5.10 Å². The Kier molecular flexibility index (Phi) is 2.51. The molecule has 0 amide bonds. The quantitative estimate of drug-likeness (QED) is 0.595. The van der Waals surface area contributed by atoms with Gasteiger partial charge in [-0.25, -0.2) is 4.39 Å². The summed E-state index contributed by atoms with van der Waals surface area (Å²) in [5.41, 5.74) is 0.0526. The predicted molar refractivity (Wildman–Crippen MR) is 52.3 cm³/mol. The Morgan fingerprint density at radius 2 is 2.25 bits per heavy atom. The van der Waals surface area contributed by atoms with E-state index in [1.165, 1.54) is 18.2 Å². The van der Waals surface area contributed by atoms with Crippen LogP contribution in [-0.4, -0.2) is 21.4 Å². The zero-order chi connectivity index (χ0) is 11.7. The minimum atomic E-state index is -0.752. The van der Waals surface area contributed by atoms with Crippen LogP contribution in [-0.2, 0) is 6.54 Å². The maximum absolute atomic E-state index is 13.2. The maximum Gasteiger partial charge on any atom is 0.271 e. The van der Waals surface area contributed by atoms with E-state index in [-0.39, 0.29) is 23.1 Å². The number of nitro groups is 1. The molecule has 1 aromatic carbocycles. The lowest BCUT2D eigenvalue weighted by Crippen LogP contribution is -2.01. The number of aromatic nitrogens is 2. The summed E-state index contributed by atoms with van der Waals surface area (Å²) in [5.74, 6) is -0.752. The second-order valence-corrected chi connectivity index (χ2v) is 3.16. The van der Waals surface area contributed by atoms with E-state index in [2.05, 4.69) is 5.10 Å². The first-order valence-corrected chi connectivity index (χ1v) is 4.50. The number of rotatable bonds is 3. The summed E-state index contributed by atoms with van der Waals surface area (Å²) in [6.07, 6.45) is 0. The number of alkyl halides is 1. The largest absolute Gasteiger partial charge is 0.271 e. The molecule has 0 fully saturated rings. The Labute approximate surface area is 88.4 Å². The van der Waals surface area contributed by atoms with Crippen LogP contribution in [0, 0.1) is 16.1 Å². The lowest BCUT2D eigenvalue weighted by molar-refractivity contribution is -0.384. The van der Waals surface area contributed by atoms with Crippen molar-refractivity contribution in [2.24, 2.45) is 0 Å². The average molecular weight is 227 g/mol. The van der Waals surface area contributed by atoms with Crippen LogP contribution >= 0.6 is 0 Å². The van der Waals surface area contributed by atoms with Gasteiger partial charge in [0.1, 0.15) is 6.67 Å². The molecule has 84 valence electrons. The molecule has 5 nitrogen and oxygen atoms in total. The number of nitro benzene ring substituents is 1. The van der Waals surface area contributed by atoms with Crippen LogP contribution in [0.1, 0.15) is 0 Å². The number of nitrogens with zero attached hydrogens (tertiary/aromatic N) is 3. The Bertz CT molecular complexity index is 553. The van der Waals surface area contributed by atoms with Gasteiger partial charge in [-0.2, -0.15) is 4.39 Å². The summed E-state index contributed by atoms with van der Waals surface area (Å²) in [7, 11) is 0. The zero-order valence-corrected chi connectivity index (χ0v) is 8.06. The molecule has 0 N–H and O–H groups in total. The normalized spacial score (nSPS) is 10.9. The molecule has 7 heteroatoms. The fourth-order valence-corrected chi connectivity index (χ4v) is 1.49. The highest BCUT2D eigenvalue weighted by Crippen LogP contribution is 2.22. The number of benzene rings is 1. The molecule has 0 spiro atoms. The van der Waals surface area contributed by atoms with Crippen LogP contribution < -0.4 is 0 Å². The molecule has 0 atom stereocenters. The van der Waals surface area contributed by atoms with Crippen LogP contribution in [0.25, 0.3) is 10.9 Å². The molecule has 0 aliphatic rings. The highest BCUT2D eigenvalue weighted by atomic mass is 19.1. The third-order valence-corrected chi connectivity index (χ3v) is 2.20. The van der Waals surface area contributed by atoms with Crippen molar-refractivity contribution in [2.75, 3.05) is 6.67 Å². The number of non-ortho nitro benzene ring substituents is 1. The van der Waals surface area contributed by atoms with E-state index in [1.54, 1.807) is 0 Å². The topological polar surface area (TPSA) is 61.0 Å². The third-order valence-electron chi connectivity index (χ3n) is 2.20. The molecule has 1 heterocycles. The van der Waals surface area contributed by atoms with E-state index >= 15 is 0 Å². The van der Waals surface area contributed by atoms with Gasteiger partial charge in [0.25, 0.3) is 5.69 Å². The van der Waals surface area contributed by atoms with Crippen molar-refractivity contribution in [1.82, 2.24) is 9.78 Å². The van der Waals surface area contributed by atoms with Crippen molar-refractivity contribution in [3.63, 3.8) is 0 Å². The molecule has 0 aliphatic carbocycles. The van der Waals surface area contributed by atoms with Crippen molar-refractivity contribution in [1.29, 1.82) is 0 Å². The van der Waals surface area contributed by atoms with Gasteiger partial charge in [-0.3, -0.25) is 14.8 Å². The van der Waals surface area contributed by atoms with Gasteiger partial charge in [0.2, 0.25) is 5.95 Å². The van der Waals surface area contributed by atoms with Crippen LogP contribution in [0.2, 0.25) is 0 Å². The van der Waals surface area contributed by atoms with Crippen molar-refractivity contribution in [2.45, 2.75) is 6.54 Å². The lowest BCUT2D eigenvalue weighted by Gasteiger charge is -1.98. The summed E-state index contributed by atoms with van der Waals surface area (Å²) in [4.78, 5) is 9.94. The standard InChI is InChI=1S/C9H7F2N3O2/c10-3-4-13-8-5-6(14(15)16)1-2-7(8)9(11)12-13/h1-2,5H,3-4H2. The van der Waals surface area contributed by atoms with Gasteiger partial charge in [0.05, 0.1) is 22.4 Å².